The van der Waals surface area contributed by atoms with Gasteiger partial charge in [0.1, 0.15) is 11.6 Å². The Kier molecular flexibility index (Phi) is 3.46. The van der Waals surface area contributed by atoms with Gasteiger partial charge in [0.05, 0.1) is 17.7 Å². The lowest BCUT2D eigenvalue weighted by atomic mass is 10.3. The monoisotopic (exact) mass is 310 g/mol. The van der Waals surface area contributed by atoms with Gasteiger partial charge < -0.3 is 10.2 Å². The summed E-state index contributed by atoms with van der Waals surface area (Å²) in [6.07, 6.45) is 3.09. The second-order valence-electron chi connectivity index (χ2n) is 5.08. The minimum Gasteiger partial charge on any atom is -0.468 e. The predicted molar refractivity (Wildman–Crippen MR) is 75.3 cm³/mol. The van der Waals surface area contributed by atoms with Gasteiger partial charge in [-0.05, 0) is 43.2 Å². The van der Waals surface area contributed by atoms with Crippen molar-refractivity contribution in [3.63, 3.8) is 0 Å². The highest BCUT2D eigenvalue weighted by atomic mass is 32.2. The Bertz CT molecular complexity index is 719. The van der Waals surface area contributed by atoms with Crippen LogP contribution in [0.3, 0.4) is 0 Å². The predicted octanol–water partition coefficient (Wildman–Crippen LogP) is 2.35. The van der Waals surface area contributed by atoms with E-state index in [-0.39, 0.29) is 23.2 Å². The van der Waals surface area contributed by atoms with E-state index < -0.39 is 15.8 Å². The molecule has 0 atom stereocenters. The molecule has 3 rings (SSSR count). The minimum absolute atomic E-state index is 0.0652. The summed E-state index contributed by atoms with van der Waals surface area (Å²) < 4.78 is 45.4. The molecule has 0 spiro atoms. The van der Waals surface area contributed by atoms with Gasteiger partial charge in [-0.15, -0.1) is 0 Å². The lowest BCUT2D eigenvalue weighted by Crippen LogP contribution is -2.32. The summed E-state index contributed by atoms with van der Waals surface area (Å²) in [4.78, 5) is -0.126. The van der Waals surface area contributed by atoms with Gasteiger partial charge in [-0.1, -0.05) is 0 Å². The van der Waals surface area contributed by atoms with Gasteiger partial charge in [0, 0.05) is 11.7 Å². The van der Waals surface area contributed by atoms with Gasteiger partial charge in [-0.3, -0.25) is 0 Å². The van der Waals surface area contributed by atoms with Gasteiger partial charge >= 0.3 is 0 Å². The summed E-state index contributed by atoms with van der Waals surface area (Å²) in [6.45, 7) is 0.135. The van der Waals surface area contributed by atoms with E-state index in [0.717, 1.165) is 25.0 Å². The molecule has 7 heteroatoms. The van der Waals surface area contributed by atoms with E-state index in [1.165, 1.54) is 16.6 Å². The van der Waals surface area contributed by atoms with Crippen LogP contribution in [0.15, 0.2) is 45.9 Å². The van der Waals surface area contributed by atoms with E-state index in [2.05, 4.69) is 0 Å². The van der Waals surface area contributed by atoms with Crippen molar-refractivity contribution in [3.8, 4) is 0 Å². The fourth-order valence-corrected chi connectivity index (χ4v) is 3.92. The van der Waals surface area contributed by atoms with Crippen LogP contribution in [0.5, 0.6) is 0 Å². The van der Waals surface area contributed by atoms with Crippen molar-refractivity contribution in [1.82, 2.24) is 4.31 Å². The van der Waals surface area contributed by atoms with Gasteiger partial charge in [-0.25, -0.2) is 12.8 Å². The van der Waals surface area contributed by atoms with E-state index >= 15 is 0 Å². The first kappa shape index (κ1) is 14.1. The zero-order chi connectivity index (χ0) is 15.0. The highest BCUT2D eigenvalue weighted by molar-refractivity contribution is 7.89. The molecule has 1 saturated carbocycles. The number of benzene rings is 1. The number of nitrogen functional groups attached to an aromatic ring is 1. The number of furan rings is 1. The van der Waals surface area contributed by atoms with Crippen molar-refractivity contribution >= 4 is 15.7 Å². The quantitative estimate of drug-likeness (QED) is 0.860. The molecule has 1 aromatic heterocycles. The molecule has 1 heterocycles. The molecule has 112 valence electrons. The molecule has 1 aliphatic rings. The molecule has 0 amide bonds. The third-order valence-electron chi connectivity index (χ3n) is 3.35. The second kappa shape index (κ2) is 5.16. The van der Waals surface area contributed by atoms with Gasteiger partial charge in [0.25, 0.3) is 0 Å². The second-order valence-corrected chi connectivity index (χ2v) is 6.97. The maximum Gasteiger partial charge on any atom is 0.243 e. The van der Waals surface area contributed by atoms with Crippen LogP contribution >= 0.6 is 0 Å². The standard InChI is InChI=1S/C14H15FN2O3S/c15-10-6-11(16)8-14(7-10)21(18,19)17(12-3-4-12)9-13-2-1-5-20-13/h1-2,5-8,12H,3-4,9,16H2. The van der Waals surface area contributed by atoms with Gasteiger partial charge in [-0.2, -0.15) is 4.31 Å². The van der Waals surface area contributed by atoms with Crippen LogP contribution in [-0.2, 0) is 16.6 Å². The molecule has 1 aromatic carbocycles. The Morgan fingerprint density at radius 3 is 2.67 bits per heavy atom. The fraction of sp³-hybridized carbons (Fsp3) is 0.286. The third-order valence-corrected chi connectivity index (χ3v) is 5.22. The highest BCUT2D eigenvalue weighted by Crippen LogP contribution is 2.34. The Balaban J connectivity index is 1.97. The number of rotatable bonds is 5. The average molecular weight is 310 g/mol. The highest BCUT2D eigenvalue weighted by Gasteiger charge is 2.38. The zero-order valence-corrected chi connectivity index (χ0v) is 12.0. The van der Waals surface area contributed by atoms with Crippen molar-refractivity contribution < 1.29 is 17.2 Å². The number of hydrogen-bond acceptors (Lipinski definition) is 4. The Morgan fingerprint density at radius 2 is 2.10 bits per heavy atom. The van der Waals surface area contributed by atoms with Crippen molar-refractivity contribution in [1.29, 1.82) is 0 Å². The van der Waals surface area contributed by atoms with Crippen LogP contribution in [0.25, 0.3) is 0 Å². The lowest BCUT2D eigenvalue weighted by molar-refractivity contribution is 0.356. The van der Waals surface area contributed by atoms with Crippen molar-refractivity contribution in [2.75, 3.05) is 5.73 Å². The molecular formula is C14H15FN2O3S. The van der Waals surface area contributed by atoms with E-state index in [0.29, 0.717) is 5.76 Å². The Labute approximate surface area is 122 Å². The summed E-state index contributed by atoms with van der Waals surface area (Å²) in [7, 11) is -3.81. The molecule has 21 heavy (non-hydrogen) atoms. The normalized spacial score (nSPS) is 15.5. The van der Waals surface area contributed by atoms with Crippen LogP contribution in [-0.4, -0.2) is 18.8 Å². The maximum atomic E-state index is 13.4. The number of hydrogen-bond donors (Lipinski definition) is 1. The van der Waals surface area contributed by atoms with E-state index in [1.54, 1.807) is 12.1 Å². The molecule has 0 aliphatic heterocycles. The van der Waals surface area contributed by atoms with Crippen molar-refractivity contribution in [2.24, 2.45) is 0 Å². The topological polar surface area (TPSA) is 76.5 Å². The van der Waals surface area contributed by atoms with E-state index in [1.807, 2.05) is 0 Å². The van der Waals surface area contributed by atoms with E-state index in [9.17, 15) is 12.8 Å². The van der Waals surface area contributed by atoms with Crippen LogP contribution in [0.2, 0.25) is 0 Å². The molecule has 0 bridgehead atoms. The molecule has 1 fully saturated rings. The summed E-state index contributed by atoms with van der Waals surface area (Å²) in [5, 5.41) is 0. The molecule has 0 unspecified atom stereocenters. The first-order valence-corrected chi connectivity index (χ1v) is 8.01. The number of anilines is 1. The molecule has 2 aromatic rings. The zero-order valence-electron chi connectivity index (χ0n) is 11.2. The van der Waals surface area contributed by atoms with Crippen molar-refractivity contribution in [2.45, 2.75) is 30.3 Å². The lowest BCUT2D eigenvalue weighted by Gasteiger charge is -2.21. The van der Waals surface area contributed by atoms with Crippen LogP contribution in [0, 0.1) is 5.82 Å². The SMILES string of the molecule is Nc1cc(F)cc(S(=O)(=O)N(Cc2ccco2)C2CC2)c1. The summed E-state index contributed by atoms with van der Waals surface area (Å²) in [5.41, 5.74) is 5.63. The van der Waals surface area contributed by atoms with Crippen molar-refractivity contribution in [3.05, 3.63) is 48.2 Å². The summed E-state index contributed by atoms with van der Waals surface area (Å²) >= 11 is 0. The first-order valence-electron chi connectivity index (χ1n) is 6.57. The Morgan fingerprint density at radius 1 is 1.33 bits per heavy atom. The third kappa shape index (κ3) is 2.93. The number of halogens is 1. The van der Waals surface area contributed by atoms with Gasteiger partial charge in [0.15, 0.2) is 0 Å². The molecule has 1 aliphatic carbocycles. The smallest absolute Gasteiger partial charge is 0.243 e. The fourth-order valence-electron chi connectivity index (χ4n) is 2.20. The van der Waals surface area contributed by atoms with Gasteiger partial charge in [0.2, 0.25) is 10.0 Å². The summed E-state index contributed by atoms with van der Waals surface area (Å²) in [5.74, 6) is -0.114. The van der Waals surface area contributed by atoms with Crippen LogP contribution in [0.4, 0.5) is 10.1 Å². The maximum absolute atomic E-state index is 13.4. The largest absolute Gasteiger partial charge is 0.468 e. The Hall–Kier alpha value is -1.86. The first-order chi connectivity index (χ1) is 9.96. The average Bonchev–Trinajstić information content (AvgIpc) is 3.11. The molecule has 0 saturated heterocycles. The summed E-state index contributed by atoms with van der Waals surface area (Å²) in [6, 6.07) is 6.70. The molecular weight excluding hydrogens is 295 g/mol. The number of nitrogens with zero attached hydrogens (tertiary/aromatic N) is 1. The molecule has 2 N–H and O–H groups in total. The van der Waals surface area contributed by atoms with Crippen LogP contribution in [0.1, 0.15) is 18.6 Å². The number of sulfonamides is 1. The molecule has 0 radical (unpaired) electrons. The van der Waals surface area contributed by atoms with E-state index in [4.69, 9.17) is 10.2 Å². The van der Waals surface area contributed by atoms with Crippen LogP contribution < -0.4 is 5.73 Å². The minimum atomic E-state index is -3.81. The number of nitrogens with two attached hydrogens (primary N) is 1. The molecule has 5 nitrogen and oxygen atoms in total.